The lowest BCUT2D eigenvalue weighted by Crippen LogP contribution is -2.20. The Morgan fingerprint density at radius 3 is 2.14 bits per heavy atom. The van der Waals surface area contributed by atoms with Crippen LogP contribution >= 0.6 is 0 Å². The van der Waals surface area contributed by atoms with Crippen LogP contribution in [-0.4, -0.2) is 23.2 Å². The maximum absolute atomic E-state index is 12.1. The highest BCUT2D eigenvalue weighted by Gasteiger charge is 2.07. The summed E-state index contributed by atoms with van der Waals surface area (Å²) in [5, 5.41) is 12.5. The van der Waals surface area contributed by atoms with Crippen molar-refractivity contribution in [1.29, 1.82) is 0 Å². The van der Waals surface area contributed by atoms with Crippen LogP contribution in [0.4, 0.5) is 0 Å². The Hall–Kier alpha value is -3.97. The largest absolute Gasteiger partial charge is 0.457 e. The quantitative estimate of drug-likeness (QED) is 0.349. The highest BCUT2D eigenvalue weighted by Crippen LogP contribution is 2.21. The molecule has 0 atom stereocenters. The molecule has 0 saturated carbocycles. The fourth-order valence-corrected chi connectivity index (χ4v) is 2.35. The SMILES string of the molecule is O=C(NO)c1ccc(C(=O)N/N=C/c2cccc(Oc3ccccc3)c2)cc1. The number of hydrogen-bond acceptors (Lipinski definition) is 5. The lowest BCUT2D eigenvalue weighted by Gasteiger charge is -2.06. The minimum absolute atomic E-state index is 0.234. The third kappa shape index (κ3) is 5.03. The number of hydroxylamine groups is 1. The molecule has 3 aromatic rings. The topological polar surface area (TPSA) is 100 Å². The molecule has 0 saturated heterocycles. The number of para-hydroxylation sites is 1. The van der Waals surface area contributed by atoms with E-state index in [0.29, 0.717) is 11.3 Å². The molecule has 7 heteroatoms. The molecule has 0 unspecified atom stereocenters. The molecule has 2 amide bonds. The Kier molecular flexibility index (Phi) is 6.12. The number of benzene rings is 3. The van der Waals surface area contributed by atoms with Gasteiger partial charge in [-0.05, 0) is 54.1 Å². The number of carbonyl (C=O) groups excluding carboxylic acids is 2. The molecule has 140 valence electrons. The van der Waals surface area contributed by atoms with Crippen molar-refractivity contribution < 1.29 is 19.5 Å². The van der Waals surface area contributed by atoms with Crippen LogP contribution in [0.3, 0.4) is 0 Å². The van der Waals surface area contributed by atoms with Crippen LogP contribution < -0.4 is 15.6 Å². The summed E-state index contributed by atoms with van der Waals surface area (Å²) in [5.74, 6) is 0.300. The summed E-state index contributed by atoms with van der Waals surface area (Å²) in [5.41, 5.74) is 5.26. The minimum Gasteiger partial charge on any atom is -0.457 e. The smallest absolute Gasteiger partial charge is 0.274 e. The van der Waals surface area contributed by atoms with Gasteiger partial charge in [0.25, 0.3) is 11.8 Å². The third-order valence-corrected chi connectivity index (χ3v) is 3.73. The van der Waals surface area contributed by atoms with Crippen LogP contribution in [0.25, 0.3) is 0 Å². The van der Waals surface area contributed by atoms with E-state index in [4.69, 9.17) is 9.94 Å². The fourth-order valence-electron chi connectivity index (χ4n) is 2.35. The van der Waals surface area contributed by atoms with Crippen LogP contribution in [0.5, 0.6) is 11.5 Å². The number of carbonyl (C=O) groups is 2. The highest BCUT2D eigenvalue weighted by molar-refractivity contribution is 5.97. The van der Waals surface area contributed by atoms with Gasteiger partial charge in [-0.3, -0.25) is 14.8 Å². The molecule has 0 bridgehead atoms. The molecule has 0 aliphatic carbocycles. The van der Waals surface area contributed by atoms with E-state index in [0.717, 1.165) is 11.3 Å². The van der Waals surface area contributed by atoms with E-state index >= 15 is 0 Å². The van der Waals surface area contributed by atoms with Gasteiger partial charge in [-0.2, -0.15) is 5.10 Å². The zero-order valence-electron chi connectivity index (χ0n) is 14.7. The number of amides is 2. The van der Waals surface area contributed by atoms with Crippen molar-refractivity contribution in [2.45, 2.75) is 0 Å². The first-order valence-electron chi connectivity index (χ1n) is 8.36. The molecule has 0 aliphatic rings. The first-order chi connectivity index (χ1) is 13.7. The zero-order chi connectivity index (χ0) is 19.8. The average molecular weight is 375 g/mol. The van der Waals surface area contributed by atoms with E-state index in [1.165, 1.54) is 36.0 Å². The molecule has 0 spiro atoms. The van der Waals surface area contributed by atoms with Crippen molar-refractivity contribution in [2.24, 2.45) is 5.10 Å². The van der Waals surface area contributed by atoms with Gasteiger partial charge in [0, 0.05) is 11.1 Å². The number of hydrogen-bond donors (Lipinski definition) is 3. The molecule has 0 fully saturated rings. The van der Waals surface area contributed by atoms with Crippen molar-refractivity contribution in [3.05, 3.63) is 95.6 Å². The Labute approximate surface area is 161 Å². The maximum atomic E-state index is 12.1. The van der Waals surface area contributed by atoms with Gasteiger partial charge in [0.1, 0.15) is 11.5 Å². The van der Waals surface area contributed by atoms with E-state index in [2.05, 4.69) is 10.5 Å². The van der Waals surface area contributed by atoms with Crippen LogP contribution in [0, 0.1) is 0 Å². The molecule has 28 heavy (non-hydrogen) atoms. The van der Waals surface area contributed by atoms with Crippen molar-refractivity contribution in [3.8, 4) is 11.5 Å². The second-order valence-corrected chi connectivity index (χ2v) is 5.71. The van der Waals surface area contributed by atoms with E-state index in [1.807, 2.05) is 48.5 Å². The number of rotatable bonds is 6. The number of hydrazone groups is 1. The number of nitrogens with one attached hydrogen (secondary N) is 2. The van der Waals surface area contributed by atoms with Crippen molar-refractivity contribution in [2.75, 3.05) is 0 Å². The summed E-state index contributed by atoms with van der Waals surface area (Å²) in [6.07, 6.45) is 1.50. The molecular weight excluding hydrogens is 358 g/mol. The van der Waals surface area contributed by atoms with Crippen molar-refractivity contribution >= 4 is 18.0 Å². The molecule has 0 aliphatic heterocycles. The maximum Gasteiger partial charge on any atom is 0.274 e. The first-order valence-corrected chi connectivity index (χ1v) is 8.36. The van der Waals surface area contributed by atoms with Gasteiger partial charge in [-0.1, -0.05) is 30.3 Å². The predicted molar refractivity (Wildman–Crippen MR) is 104 cm³/mol. The molecular formula is C21H17N3O4. The highest BCUT2D eigenvalue weighted by atomic mass is 16.5. The standard InChI is InChI=1S/C21H17N3O4/c25-20(16-9-11-17(12-10-16)21(26)24-27)23-22-14-15-5-4-8-19(13-15)28-18-6-2-1-3-7-18/h1-14,27H,(H,23,25)(H,24,26)/b22-14+. The summed E-state index contributed by atoms with van der Waals surface area (Å²) in [7, 11) is 0. The normalized spacial score (nSPS) is 10.5. The van der Waals surface area contributed by atoms with E-state index in [-0.39, 0.29) is 5.56 Å². The Bertz CT molecular complexity index is 986. The lowest BCUT2D eigenvalue weighted by atomic mass is 10.1. The molecule has 3 aromatic carbocycles. The number of ether oxygens (including phenoxy) is 1. The van der Waals surface area contributed by atoms with Gasteiger partial charge in [-0.25, -0.2) is 10.9 Å². The summed E-state index contributed by atoms with van der Waals surface area (Å²) in [4.78, 5) is 23.4. The average Bonchev–Trinajstić information content (AvgIpc) is 2.74. The van der Waals surface area contributed by atoms with E-state index in [1.54, 1.807) is 6.07 Å². The second-order valence-electron chi connectivity index (χ2n) is 5.71. The summed E-state index contributed by atoms with van der Waals surface area (Å²) >= 11 is 0. The van der Waals surface area contributed by atoms with Crippen LogP contribution in [0.15, 0.2) is 84.0 Å². The van der Waals surface area contributed by atoms with Gasteiger partial charge < -0.3 is 4.74 Å². The predicted octanol–water partition coefficient (Wildman–Crippen LogP) is 3.36. The minimum atomic E-state index is -0.650. The van der Waals surface area contributed by atoms with Crippen molar-refractivity contribution in [1.82, 2.24) is 10.9 Å². The molecule has 0 heterocycles. The Balaban J connectivity index is 1.60. The first kappa shape index (κ1) is 18.8. The lowest BCUT2D eigenvalue weighted by molar-refractivity contribution is 0.0706. The van der Waals surface area contributed by atoms with Crippen molar-refractivity contribution in [3.63, 3.8) is 0 Å². The number of nitrogens with zero attached hydrogens (tertiary/aromatic N) is 1. The molecule has 0 aromatic heterocycles. The van der Waals surface area contributed by atoms with Gasteiger partial charge in [0.2, 0.25) is 0 Å². The molecule has 3 rings (SSSR count). The molecule has 0 radical (unpaired) electrons. The third-order valence-electron chi connectivity index (χ3n) is 3.73. The van der Waals surface area contributed by atoms with Crippen LogP contribution in [0.2, 0.25) is 0 Å². The van der Waals surface area contributed by atoms with E-state index < -0.39 is 11.8 Å². The van der Waals surface area contributed by atoms with Gasteiger partial charge in [0.15, 0.2) is 0 Å². The van der Waals surface area contributed by atoms with Crippen LogP contribution in [0.1, 0.15) is 26.3 Å². The summed E-state index contributed by atoms with van der Waals surface area (Å²) in [6.45, 7) is 0. The molecule has 3 N–H and O–H groups in total. The monoisotopic (exact) mass is 375 g/mol. The second kappa shape index (κ2) is 9.11. The van der Waals surface area contributed by atoms with Gasteiger partial charge in [0.05, 0.1) is 6.21 Å². The fraction of sp³-hybridized carbons (Fsp3) is 0. The summed E-state index contributed by atoms with van der Waals surface area (Å²) < 4.78 is 5.76. The molecule has 7 nitrogen and oxygen atoms in total. The Morgan fingerprint density at radius 1 is 0.821 bits per heavy atom. The van der Waals surface area contributed by atoms with E-state index in [9.17, 15) is 9.59 Å². The summed E-state index contributed by atoms with van der Waals surface area (Å²) in [6, 6.07) is 22.5. The van der Waals surface area contributed by atoms with Crippen LogP contribution in [-0.2, 0) is 0 Å². The van der Waals surface area contributed by atoms with Gasteiger partial charge >= 0.3 is 0 Å². The van der Waals surface area contributed by atoms with Gasteiger partial charge in [-0.15, -0.1) is 0 Å². The zero-order valence-corrected chi connectivity index (χ0v) is 14.7. The Morgan fingerprint density at radius 2 is 1.46 bits per heavy atom.